The van der Waals surface area contributed by atoms with E-state index in [1.54, 1.807) is 6.33 Å². The number of nitrogens with zero attached hydrogens (tertiary/aromatic N) is 8. The standard InChI is InChI=1S/C28H31N9/c1-2-6-22(7-3-1)18-23-19-29-27(30-20-23)36-14-16-37(17-15-36)28-32-21-31-26(34-28)33-24-8-10-25(11-9-24)35-12-4-5-13-35/h1-3,6-11,19-21H,4-5,12-18H2,(H,31,32,33,34). The van der Waals surface area contributed by atoms with E-state index >= 15 is 0 Å². The van der Waals surface area contributed by atoms with Gasteiger partial charge >= 0.3 is 0 Å². The Morgan fingerprint density at radius 3 is 2.00 bits per heavy atom. The molecule has 2 aromatic carbocycles. The maximum atomic E-state index is 4.67. The molecule has 9 nitrogen and oxygen atoms in total. The summed E-state index contributed by atoms with van der Waals surface area (Å²) in [4.78, 5) is 29.5. The molecule has 0 amide bonds. The first-order valence-corrected chi connectivity index (χ1v) is 13.0. The van der Waals surface area contributed by atoms with Crippen LogP contribution in [-0.4, -0.2) is 64.2 Å². The molecule has 4 aromatic rings. The maximum absolute atomic E-state index is 4.67. The summed E-state index contributed by atoms with van der Waals surface area (Å²) in [5.74, 6) is 2.01. The van der Waals surface area contributed by atoms with Crippen LogP contribution in [0.3, 0.4) is 0 Å². The van der Waals surface area contributed by atoms with Crippen molar-refractivity contribution in [2.45, 2.75) is 19.3 Å². The molecule has 2 aliphatic rings. The van der Waals surface area contributed by atoms with Crippen molar-refractivity contribution in [1.82, 2.24) is 24.9 Å². The summed E-state index contributed by atoms with van der Waals surface area (Å²) in [6.07, 6.45) is 8.83. The fourth-order valence-corrected chi connectivity index (χ4v) is 4.90. The van der Waals surface area contributed by atoms with Gasteiger partial charge in [-0.1, -0.05) is 30.3 Å². The van der Waals surface area contributed by atoms with Gasteiger partial charge in [0, 0.05) is 69.5 Å². The minimum Gasteiger partial charge on any atom is -0.372 e. The lowest BCUT2D eigenvalue weighted by molar-refractivity contribution is 0.626. The van der Waals surface area contributed by atoms with Gasteiger partial charge < -0.3 is 20.0 Å². The van der Waals surface area contributed by atoms with E-state index in [2.05, 4.69) is 93.5 Å². The van der Waals surface area contributed by atoms with Crippen molar-refractivity contribution >= 4 is 29.2 Å². The molecule has 2 saturated heterocycles. The van der Waals surface area contributed by atoms with Gasteiger partial charge in [-0.3, -0.25) is 0 Å². The van der Waals surface area contributed by atoms with Crippen LogP contribution in [0.2, 0.25) is 0 Å². The molecule has 9 heteroatoms. The molecule has 1 N–H and O–H groups in total. The number of benzene rings is 2. The fraction of sp³-hybridized carbons (Fsp3) is 0.321. The van der Waals surface area contributed by atoms with Crippen LogP contribution in [0.15, 0.2) is 73.3 Å². The van der Waals surface area contributed by atoms with E-state index in [0.29, 0.717) is 11.9 Å². The molecular formula is C28H31N9. The summed E-state index contributed by atoms with van der Waals surface area (Å²) in [6, 6.07) is 18.9. The topological polar surface area (TPSA) is 86.2 Å². The summed E-state index contributed by atoms with van der Waals surface area (Å²) >= 11 is 0. The van der Waals surface area contributed by atoms with Crippen LogP contribution in [0.1, 0.15) is 24.0 Å². The number of anilines is 5. The van der Waals surface area contributed by atoms with E-state index in [1.165, 1.54) is 24.1 Å². The van der Waals surface area contributed by atoms with Gasteiger partial charge in [-0.2, -0.15) is 4.98 Å². The van der Waals surface area contributed by atoms with Crippen molar-refractivity contribution in [3.05, 3.63) is 84.4 Å². The van der Waals surface area contributed by atoms with Gasteiger partial charge in [-0.25, -0.2) is 19.9 Å². The SMILES string of the molecule is c1ccc(Cc2cnc(N3CCN(c4ncnc(Nc5ccc(N6CCCC6)cc5)n4)CC3)nc2)cc1. The van der Waals surface area contributed by atoms with Crippen molar-refractivity contribution < 1.29 is 0 Å². The zero-order valence-electron chi connectivity index (χ0n) is 20.9. The summed E-state index contributed by atoms with van der Waals surface area (Å²) in [5.41, 5.74) is 4.62. The van der Waals surface area contributed by atoms with Gasteiger partial charge in [0.1, 0.15) is 6.33 Å². The van der Waals surface area contributed by atoms with E-state index in [9.17, 15) is 0 Å². The predicted molar refractivity (Wildman–Crippen MR) is 147 cm³/mol. The van der Waals surface area contributed by atoms with Gasteiger partial charge in [0.25, 0.3) is 0 Å². The molecule has 2 aromatic heterocycles. The Bertz CT molecular complexity index is 1280. The lowest BCUT2D eigenvalue weighted by atomic mass is 10.1. The molecular weight excluding hydrogens is 462 g/mol. The molecule has 0 radical (unpaired) electrons. The van der Waals surface area contributed by atoms with Crippen LogP contribution < -0.4 is 20.0 Å². The normalized spacial score (nSPS) is 15.7. The van der Waals surface area contributed by atoms with E-state index in [0.717, 1.165) is 62.9 Å². The van der Waals surface area contributed by atoms with Crippen molar-refractivity contribution in [2.24, 2.45) is 0 Å². The Balaban J connectivity index is 1.04. The molecule has 0 spiro atoms. The lowest BCUT2D eigenvalue weighted by Gasteiger charge is -2.34. The highest BCUT2D eigenvalue weighted by molar-refractivity contribution is 5.60. The number of rotatable bonds is 7. The first-order valence-electron chi connectivity index (χ1n) is 13.0. The quantitative estimate of drug-likeness (QED) is 0.412. The third-order valence-corrected chi connectivity index (χ3v) is 6.94. The maximum Gasteiger partial charge on any atom is 0.231 e. The Kier molecular flexibility index (Phi) is 6.74. The number of piperazine rings is 1. The van der Waals surface area contributed by atoms with Crippen molar-refractivity contribution in [3.8, 4) is 0 Å². The van der Waals surface area contributed by atoms with Crippen LogP contribution in [0.5, 0.6) is 0 Å². The third-order valence-electron chi connectivity index (χ3n) is 6.94. The van der Waals surface area contributed by atoms with E-state index in [-0.39, 0.29) is 0 Å². The molecule has 0 saturated carbocycles. The summed E-state index contributed by atoms with van der Waals surface area (Å²) < 4.78 is 0. The summed E-state index contributed by atoms with van der Waals surface area (Å²) in [5, 5.41) is 3.32. The minimum atomic E-state index is 0.554. The Labute approximate surface area is 217 Å². The molecule has 0 aliphatic carbocycles. The Hall–Kier alpha value is -4.27. The zero-order chi connectivity index (χ0) is 24.9. The highest BCUT2D eigenvalue weighted by atomic mass is 15.4. The van der Waals surface area contributed by atoms with Crippen LogP contribution in [0.4, 0.5) is 29.2 Å². The minimum absolute atomic E-state index is 0.554. The van der Waals surface area contributed by atoms with E-state index in [1.807, 2.05) is 18.5 Å². The number of hydrogen-bond donors (Lipinski definition) is 1. The molecule has 2 fully saturated rings. The van der Waals surface area contributed by atoms with Gasteiger partial charge in [0.05, 0.1) is 0 Å². The fourth-order valence-electron chi connectivity index (χ4n) is 4.90. The second-order valence-corrected chi connectivity index (χ2v) is 9.50. The lowest BCUT2D eigenvalue weighted by Crippen LogP contribution is -2.47. The average molecular weight is 494 g/mol. The second kappa shape index (κ2) is 10.8. The third kappa shape index (κ3) is 5.61. The van der Waals surface area contributed by atoms with Gasteiger partial charge in [0.15, 0.2) is 0 Å². The van der Waals surface area contributed by atoms with Crippen molar-refractivity contribution in [3.63, 3.8) is 0 Å². The van der Waals surface area contributed by atoms with E-state index < -0.39 is 0 Å². The van der Waals surface area contributed by atoms with Gasteiger partial charge in [-0.15, -0.1) is 0 Å². The monoisotopic (exact) mass is 493 g/mol. The Morgan fingerprint density at radius 1 is 0.622 bits per heavy atom. The van der Waals surface area contributed by atoms with Gasteiger partial charge in [-0.05, 0) is 48.2 Å². The first kappa shape index (κ1) is 23.1. The summed E-state index contributed by atoms with van der Waals surface area (Å²) in [6.45, 7) is 5.49. The number of hydrogen-bond acceptors (Lipinski definition) is 9. The zero-order valence-corrected chi connectivity index (χ0v) is 20.9. The molecule has 6 rings (SSSR count). The van der Waals surface area contributed by atoms with Crippen LogP contribution in [0.25, 0.3) is 0 Å². The smallest absolute Gasteiger partial charge is 0.231 e. The van der Waals surface area contributed by atoms with Crippen LogP contribution in [-0.2, 0) is 6.42 Å². The number of aromatic nitrogens is 5. The van der Waals surface area contributed by atoms with Gasteiger partial charge in [0.2, 0.25) is 17.8 Å². The largest absolute Gasteiger partial charge is 0.372 e. The molecule has 0 unspecified atom stereocenters. The highest BCUT2D eigenvalue weighted by Gasteiger charge is 2.21. The van der Waals surface area contributed by atoms with Crippen molar-refractivity contribution in [1.29, 1.82) is 0 Å². The predicted octanol–water partition coefficient (Wildman–Crippen LogP) is 3.92. The van der Waals surface area contributed by atoms with Crippen LogP contribution in [0, 0.1) is 0 Å². The van der Waals surface area contributed by atoms with E-state index in [4.69, 9.17) is 0 Å². The number of nitrogens with one attached hydrogen (secondary N) is 1. The molecule has 0 atom stereocenters. The Morgan fingerprint density at radius 2 is 1.30 bits per heavy atom. The molecule has 4 heterocycles. The summed E-state index contributed by atoms with van der Waals surface area (Å²) in [7, 11) is 0. The van der Waals surface area contributed by atoms with Crippen LogP contribution >= 0.6 is 0 Å². The molecule has 188 valence electrons. The molecule has 37 heavy (non-hydrogen) atoms. The molecule has 2 aliphatic heterocycles. The average Bonchev–Trinajstić information content (AvgIpc) is 3.50. The molecule has 0 bridgehead atoms. The second-order valence-electron chi connectivity index (χ2n) is 9.50. The highest BCUT2D eigenvalue weighted by Crippen LogP contribution is 2.23. The first-order chi connectivity index (χ1) is 18.3. The van der Waals surface area contributed by atoms with Crippen molar-refractivity contribution in [2.75, 3.05) is 59.3 Å².